The van der Waals surface area contributed by atoms with E-state index in [9.17, 15) is 13.2 Å². The Balaban J connectivity index is 2.09. The van der Waals surface area contributed by atoms with Crippen LogP contribution in [0, 0.1) is 0 Å². The molecule has 1 aliphatic carbocycles. The molecular weight excluding hydrogens is 242 g/mol. The van der Waals surface area contributed by atoms with Crippen LogP contribution in [0.2, 0.25) is 0 Å². The van der Waals surface area contributed by atoms with Gasteiger partial charge in [0.15, 0.2) is 0 Å². The molecule has 0 radical (unpaired) electrons. The SMILES string of the molecule is Nc1cccc(S(=O)(=O)NC(=O)NC2CC2)c1. The van der Waals surface area contributed by atoms with E-state index in [0.29, 0.717) is 5.69 Å². The maximum atomic E-state index is 11.8. The molecule has 7 heteroatoms. The zero-order chi connectivity index (χ0) is 12.5. The van der Waals surface area contributed by atoms with Crippen molar-refractivity contribution in [1.29, 1.82) is 0 Å². The summed E-state index contributed by atoms with van der Waals surface area (Å²) in [5.41, 5.74) is 5.81. The van der Waals surface area contributed by atoms with Crippen molar-refractivity contribution >= 4 is 21.7 Å². The zero-order valence-corrected chi connectivity index (χ0v) is 9.83. The number of nitrogen functional groups attached to an aromatic ring is 1. The molecule has 0 unspecified atom stereocenters. The Bertz CT molecular complexity index is 537. The molecule has 1 saturated carbocycles. The van der Waals surface area contributed by atoms with Crippen LogP contribution in [0.5, 0.6) is 0 Å². The average molecular weight is 255 g/mol. The number of carbonyl (C=O) groups is 1. The summed E-state index contributed by atoms with van der Waals surface area (Å²) in [7, 11) is -3.84. The summed E-state index contributed by atoms with van der Waals surface area (Å²) in [6.45, 7) is 0. The number of hydrogen-bond acceptors (Lipinski definition) is 4. The summed E-state index contributed by atoms with van der Waals surface area (Å²) in [4.78, 5) is 11.3. The van der Waals surface area contributed by atoms with Crippen molar-refractivity contribution in [1.82, 2.24) is 10.0 Å². The predicted molar refractivity (Wildman–Crippen MR) is 62.7 cm³/mol. The van der Waals surface area contributed by atoms with E-state index in [1.807, 2.05) is 4.72 Å². The minimum atomic E-state index is -3.84. The maximum absolute atomic E-state index is 11.8. The van der Waals surface area contributed by atoms with Crippen LogP contribution in [-0.2, 0) is 10.0 Å². The molecule has 0 saturated heterocycles. The quantitative estimate of drug-likeness (QED) is 0.681. The third kappa shape index (κ3) is 3.10. The Morgan fingerprint density at radius 1 is 1.35 bits per heavy atom. The van der Waals surface area contributed by atoms with Gasteiger partial charge in [0.2, 0.25) is 0 Å². The van der Waals surface area contributed by atoms with E-state index < -0.39 is 16.1 Å². The van der Waals surface area contributed by atoms with Gasteiger partial charge >= 0.3 is 6.03 Å². The first-order chi connectivity index (χ1) is 7.97. The molecule has 2 amide bonds. The number of rotatable bonds is 3. The van der Waals surface area contributed by atoms with Crippen molar-refractivity contribution in [3.8, 4) is 0 Å². The van der Waals surface area contributed by atoms with E-state index >= 15 is 0 Å². The Labute approximate surface area is 99.2 Å². The number of carbonyl (C=O) groups excluding carboxylic acids is 1. The van der Waals surface area contributed by atoms with Crippen molar-refractivity contribution in [2.24, 2.45) is 0 Å². The molecule has 4 N–H and O–H groups in total. The van der Waals surface area contributed by atoms with Gasteiger partial charge in [0.25, 0.3) is 10.0 Å². The first kappa shape index (κ1) is 11.7. The highest BCUT2D eigenvalue weighted by molar-refractivity contribution is 7.90. The van der Waals surface area contributed by atoms with Gasteiger partial charge in [-0.2, -0.15) is 0 Å². The molecule has 0 aromatic heterocycles. The maximum Gasteiger partial charge on any atom is 0.328 e. The molecule has 0 atom stereocenters. The van der Waals surface area contributed by atoms with Gasteiger partial charge in [-0.3, -0.25) is 0 Å². The molecule has 6 nitrogen and oxygen atoms in total. The molecule has 0 aliphatic heterocycles. The second kappa shape index (κ2) is 4.25. The molecule has 0 bridgehead atoms. The number of benzene rings is 1. The molecule has 0 spiro atoms. The third-order valence-electron chi connectivity index (χ3n) is 2.31. The first-order valence-electron chi connectivity index (χ1n) is 5.16. The Kier molecular flexibility index (Phi) is 2.93. The summed E-state index contributed by atoms with van der Waals surface area (Å²) in [5, 5.41) is 2.53. The van der Waals surface area contributed by atoms with E-state index in [0.717, 1.165) is 12.8 Å². The number of hydrogen-bond donors (Lipinski definition) is 3. The lowest BCUT2D eigenvalue weighted by Crippen LogP contribution is -2.40. The van der Waals surface area contributed by atoms with Gasteiger partial charge in [-0.25, -0.2) is 17.9 Å². The summed E-state index contributed by atoms with van der Waals surface area (Å²) in [6, 6.07) is 5.17. The first-order valence-corrected chi connectivity index (χ1v) is 6.64. The number of nitrogens with one attached hydrogen (secondary N) is 2. The fraction of sp³-hybridized carbons (Fsp3) is 0.300. The molecule has 0 heterocycles. The lowest BCUT2D eigenvalue weighted by Gasteiger charge is -2.08. The number of sulfonamides is 1. The lowest BCUT2D eigenvalue weighted by atomic mass is 10.3. The number of urea groups is 1. The molecule has 2 rings (SSSR count). The molecule has 1 aromatic rings. The molecule has 92 valence electrons. The molecule has 1 aromatic carbocycles. The van der Waals surface area contributed by atoms with Crippen LogP contribution in [0.15, 0.2) is 29.2 Å². The van der Waals surface area contributed by atoms with E-state index in [4.69, 9.17) is 5.73 Å². The van der Waals surface area contributed by atoms with E-state index in [2.05, 4.69) is 5.32 Å². The minimum absolute atomic E-state index is 0.0246. The van der Waals surface area contributed by atoms with Crippen molar-refractivity contribution < 1.29 is 13.2 Å². The van der Waals surface area contributed by atoms with Gasteiger partial charge in [0, 0.05) is 11.7 Å². The van der Waals surface area contributed by atoms with Gasteiger partial charge in [0.05, 0.1) is 4.90 Å². The predicted octanol–water partition coefficient (Wildman–Crippen LogP) is 0.419. The van der Waals surface area contributed by atoms with Gasteiger partial charge in [-0.05, 0) is 31.0 Å². The van der Waals surface area contributed by atoms with Crippen LogP contribution >= 0.6 is 0 Å². The Hall–Kier alpha value is -1.76. The fourth-order valence-electron chi connectivity index (χ4n) is 1.31. The van der Waals surface area contributed by atoms with Crippen LogP contribution in [0.1, 0.15) is 12.8 Å². The third-order valence-corrected chi connectivity index (χ3v) is 3.64. The Morgan fingerprint density at radius 2 is 2.06 bits per heavy atom. The molecular formula is C10H13N3O3S. The van der Waals surface area contributed by atoms with Gasteiger partial charge in [0.1, 0.15) is 0 Å². The monoisotopic (exact) mass is 255 g/mol. The van der Waals surface area contributed by atoms with E-state index in [-0.39, 0.29) is 10.9 Å². The standard InChI is InChI=1S/C10H13N3O3S/c11-7-2-1-3-9(6-7)17(15,16)13-10(14)12-8-4-5-8/h1-3,6,8H,4-5,11H2,(H2,12,13,14). The van der Waals surface area contributed by atoms with Crippen molar-refractivity contribution in [2.75, 3.05) is 5.73 Å². The van der Waals surface area contributed by atoms with Crippen LogP contribution in [0.3, 0.4) is 0 Å². The topological polar surface area (TPSA) is 101 Å². The van der Waals surface area contributed by atoms with E-state index in [1.54, 1.807) is 6.07 Å². The zero-order valence-electron chi connectivity index (χ0n) is 9.01. The highest BCUT2D eigenvalue weighted by atomic mass is 32.2. The molecule has 1 aliphatic rings. The second-order valence-electron chi connectivity index (χ2n) is 3.93. The highest BCUT2D eigenvalue weighted by Crippen LogP contribution is 2.18. The van der Waals surface area contributed by atoms with Gasteiger partial charge < -0.3 is 11.1 Å². The lowest BCUT2D eigenvalue weighted by molar-refractivity contribution is 0.245. The summed E-state index contributed by atoms with van der Waals surface area (Å²) in [5.74, 6) is 0. The van der Waals surface area contributed by atoms with Gasteiger partial charge in [-0.15, -0.1) is 0 Å². The van der Waals surface area contributed by atoms with Crippen molar-refractivity contribution in [3.63, 3.8) is 0 Å². The van der Waals surface area contributed by atoms with Crippen LogP contribution in [0.4, 0.5) is 10.5 Å². The molecule has 1 fully saturated rings. The smallest absolute Gasteiger partial charge is 0.328 e. The van der Waals surface area contributed by atoms with Crippen molar-refractivity contribution in [2.45, 2.75) is 23.8 Å². The van der Waals surface area contributed by atoms with Crippen molar-refractivity contribution in [3.05, 3.63) is 24.3 Å². The largest absolute Gasteiger partial charge is 0.399 e. The minimum Gasteiger partial charge on any atom is -0.399 e. The normalized spacial score (nSPS) is 15.3. The van der Waals surface area contributed by atoms with Crippen LogP contribution < -0.4 is 15.8 Å². The van der Waals surface area contributed by atoms with Crippen LogP contribution in [0.25, 0.3) is 0 Å². The Morgan fingerprint density at radius 3 is 2.65 bits per heavy atom. The summed E-state index contributed by atoms with van der Waals surface area (Å²) >= 11 is 0. The summed E-state index contributed by atoms with van der Waals surface area (Å²) < 4.78 is 25.5. The van der Waals surface area contributed by atoms with Crippen LogP contribution in [-0.4, -0.2) is 20.5 Å². The van der Waals surface area contributed by atoms with E-state index in [1.165, 1.54) is 18.2 Å². The molecule has 17 heavy (non-hydrogen) atoms. The average Bonchev–Trinajstić information content (AvgIpc) is 3.00. The fourth-order valence-corrected chi connectivity index (χ4v) is 2.27. The number of nitrogens with two attached hydrogens (primary N) is 1. The second-order valence-corrected chi connectivity index (χ2v) is 5.61. The highest BCUT2D eigenvalue weighted by Gasteiger charge is 2.25. The van der Waals surface area contributed by atoms with Gasteiger partial charge in [-0.1, -0.05) is 6.07 Å². The summed E-state index contributed by atoms with van der Waals surface area (Å²) in [6.07, 6.45) is 1.79. The number of amides is 2. The number of anilines is 1.